The van der Waals surface area contributed by atoms with E-state index in [1.165, 1.54) is 0 Å². The van der Waals surface area contributed by atoms with E-state index in [2.05, 4.69) is 0 Å². The smallest absolute Gasteiger partial charge is 0.246 e. The summed E-state index contributed by atoms with van der Waals surface area (Å²) in [5.41, 5.74) is -0.715. The molecule has 0 radical (unpaired) electrons. The molecule has 78 valence electrons. The summed E-state index contributed by atoms with van der Waals surface area (Å²) in [4.78, 5) is 0. The SMILES string of the molecule is O=S(=O)(CCl)Nc1c(F)cccc1F. The maximum Gasteiger partial charge on any atom is 0.246 e. The number of benzene rings is 1. The lowest BCUT2D eigenvalue weighted by atomic mass is 10.3. The van der Waals surface area contributed by atoms with Gasteiger partial charge in [-0.15, -0.1) is 11.6 Å². The van der Waals surface area contributed by atoms with Crippen LogP contribution in [0.25, 0.3) is 0 Å². The molecule has 0 atom stereocenters. The summed E-state index contributed by atoms with van der Waals surface area (Å²) in [7, 11) is -3.88. The lowest BCUT2D eigenvalue weighted by Crippen LogP contribution is -2.15. The van der Waals surface area contributed by atoms with E-state index in [0.29, 0.717) is 0 Å². The van der Waals surface area contributed by atoms with Crippen molar-refractivity contribution < 1.29 is 17.2 Å². The third-order valence-corrected chi connectivity index (χ3v) is 3.03. The zero-order valence-electron chi connectivity index (χ0n) is 6.80. The van der Waals surface area contributed by atoms with Gasteiger partial charge in [0.05, 0.1) is 0 Å². The van der Waals surface area contributed by atoms with Gasteiger partial charge in [0.25, 0.3) is 0 Å². The number of para-hydroxylation sites is 1. The molecule has 0 aliphatic heterocycles. The fourth-order valence-corrected chi connectivity index (χ4v) is 1.50. The average Bonchev–Trinajstić information content (AvgIpc) is 2.12. The van der Waals surface area contributed by atoms with E-state index in [1.807, 2.05) is 0 Å². The highest BCUT2D eigenvalue weighted by molar-refractivity contribution is 7.93. The van der Waals surface area contributed by atoms with Crippen molar-refractivity contribution in [3.63, 3.8) is 0 Å². The van der Waals surface area contributed by atoms with Crippen molar-refractivity contribution in [2.24, 2.45) is 0 Å². The van der Waals surface area contributed by atoms with E-state index in [1.54, 1.807) is 4.72 Å². The molecule has 14 heavy (non-hydrogen) atoms. The van der Waals surface area contributed by atoms with Crippen LogP contribution in [0, 0.1) is 11.6 Å². The van der Waals surface area contributed by atoms with Crippen LogP contribution >= 0.6 is 11.6 Å². The molecule has 0 unspecified atom stereocenters. The number of sulfonamides is 1. The van der Waals surface area contributed by atoms with Gasteiger partial charge in [0.15, 0.2) is 0 Å². The molecule has 1 aromatic rings. The van der Waals surface area contributed by atoms with Crippen molar-refractivity contribution in [3.05, 3.63) is 29.8 Å². The van der Waals surface area contributed by atoms with Gasteiger partial charge in [0.1, 0.15) is 22.5 Å². The van der Waals surface area contributed by atoms with Crippen LogP contribution < -0.4 is 4.72 Å². The number of nitrogens with one attached hydrogen (secondary N) is 1. The fraction of sp³-hybridized carbons (Fsp3) is 0.143. The second-order valence-electron chi connectivity index (χ2n) is 2.42. The number of hydrogen-bond donors (Lipinski definition) is 1. The normalized spacial score (nSPS) is 11.4. The zero-order valence-corrected chi connectivity index (χ0v) is 8.37. The van der Waals surface area contributed by atoms with Crippen LogP contribution in [-0.2, 0) is 10.0 Å². The number of alkyl halides is 1. The fourth-order valence-electron chi connectivity index (χ4n) is 0.778. The maximum atomic E-state index is 12.9. The molecule has 0 amide bonds. The number of hydrogen-bond acceptors (Lipinski definition) is 2. The largest absolute Gasteiger partial charge is 0.277 e. The topological polar surface area (TPSA) is 46.2 Å². The number of anilines is 1. The van der Waals surface area contributed by atoms with Crippen LogP contribution in [0.5, 0.6) is 0 Å². The Hall–Kier alpha value is -0.880. The zero-order chi connectivity index (χ0) is 10.8. The van der Waals surface area contributed by atoms with Crippen LogP contribution in [-0.4, -0.2) is 13.6 Å². The first-order valence-corrected chi connectivity index (χ1v) is 5.65. The van der Waals surface area contributed by atoms with Gasteiger partial charge < -0.3 is 0 Å². The number of rotatable bonds is 3. The predicted molar refractivity (Wildman–Crippen MR) is 49.6 cm³/mol. The van der Waals surface area contributed by atoms with E-state index in [9.17, 15) is 17.2 Å². The standard InChI is InChI=1S/C7H6ClF2NO2S/c8-4-14(12,13)11-7-5(9)2-1-3-6(7)10/h1-3,11H,4H2. The van der Waals surface area contributed by atoms with E-state index in [-0.39, 0.29) is 0 Å². The number of halogens is 3. The first kappa shape index (κ1) is 11.2. The summed E-state index contributed by atoms with van der Waals surface area (Å²) < 4.78 is 49.3. The molecule has 1 rings (SSSR count). The van der Waals surface area contributed by atoms with E-state index >= 15 is 0 Å². The minimum atomic E-state index is -3.88. The molecular weight excluding hydrogens is 236 g/mol. The Kier molecular flexibility index (Phi) is 3.28. The average molecular weight is 242 g/mol. The van der Waals surface area contributed by atoms with Crippen molar-refractivity contribution >= 4 is 27.3 Å². The van der Waals surface area contributed by atoms with Crippen molar-refractivity contribution in [2.45, 2.75) is 0 Å². The Morgan fingerprint density at radius 3 is 2.21 bits per heavy atom. The molecular formula is C7H6ClF2NO2S. The molecule has 7 heteroatoms. The Balaban J connectivity index is 3.09. The summed E-state index contributed by atoms with van der Waals surface area (Å²) in [6.07, 6.45) is 0. The predicted octanol–water partition coefficient (Wildman–Crippen LogP) is 1.90. The van der Waals surface area contributed by atoms with Crippen LogP contribution in [0.1, 0.15) is 0 Å². The first-order valence-electron chi connectivity index (χ1n) is 3.47. The highest BCUT2D eigenvalue weighted by atomic mass is 35.5. The van der Waals surface area contributed by atoms with E-state index in [4.69, 9.17) is 11.6 Å². The second kappa shape index (κ2) is 4.10. The Morgan fingerprint density at radius 1 is 1.29 bits per heavy atom. The monoisotopic (exact) mass is 241 g/mol. The summed E-state index contributed by atoms with van der Waals surface area (Å²) in [6.45, 7) is 0. The van der Waals surface area contributed by atoms with Gasteiger partial charge >= 0.3 is 0 Å². The molecule has 0 aliphatic rings. The molecule has 0 heterocycles. The highest BCUT2D eigenvalue weighted by Crippen LogP contribution is 2.19. The lowest BCUT2D eigenvalue weighted by Gasteiger charge is -2.06. The van der Waals surface area contributed by atoms with Crippen molar-refractivity contribution in [1.29, 1.82) is 0 Å². The summed E-state index contributed by atoms with van der Waals surface area (Å²) in [6, 6.07) is 3.01. The Labute approximate surface area is 84.7 Å². The van der Waals surface area contributed by atoms with Gasteiger partial charge in [0.2, 0.25) is 10.0 Å². The molecule has 0 bridgehead atoms. The summed E-state index contributed by atoms with van der Waals surface area (Å²) in [5, 5.41) is -0.763. The highest BCUT2D eigenvalue weighted by Gasteiger charge is 2.15. The maximum absolute atomic E-state index is 12.9. The Bertz CT molecular complexity index is 415. The third-order valence-electron chi connectivity index (χ3n) is 1.36. The van der Waals surface area contributed by atoms with Gasteiger partial charge in [-0.2, -0.15) is 0 Å². The van der Waals surface area contributed by atoms with E-state index in [0.717, 1.165) is 18.2 Å². The molecule has 0 fully saturated rings. The van der Waals surface area contributed by atoms with Gasteiger partial charge in [-0.25, -0.2) is 17.2 Å². The Morgan fingerprint density at radius 2 is 1.79 bits per heavy atom. The van der Waals surface area contributed by atoms with Gasteiger partial charge in [-0.1, -0.05) is 6.07 Å². The van der Waals surface area contributed by atoms with Gasteiger partial charge in [0, 0.05) is 0 Å². The van der Waals surface area contributed by atoms with Crippen LogP contribution in [0.4, 0.5) is 14.5 Å². The van der Waals surface area contributed by atoms with Crippen LogP contribution in [0.3, 0.4) is 0 Å². The quantitative estimate of drug-likeness (QED) is 0.822. The molecule has 0 aromatic heterocycles. The molecule has 0 saturated carbocycles. The van der Waals surface area contributed by atoms with Crippen molar-refractivity contribution in [3.8, 4) is 0 Å². The minimum absolute atomic E-state index is 0.715. The minimum Gasteiger partial charge on any atom is -0.277 e. The lowest BCUT2D eigenvalue weighted by molar-refractivity contribution is 0.584. The van der Waals surface area contributed by atoms with Gasteiger partial charge in [-0.3, -0.25) is 4.72 Å². The van der Waals surface area contributed by atoms with E-state index < -0.39 is 32.6 Å². The second-order valence-corrected chi connectivity index (χ2v) is 4.73. The van der Waals surface area contributed by atoms with Crippen LogP contribution in [0.15, 0.2) is 18.2 Å². The van der Waals surface area contributed by atoms with Crippen molar-refractivity contribution in [1.82, 2.24) is 0 Å². The van der Waals surface area contributed by atoms with Crippen LogP contribution in [0.2, 0.25) is 0 Å². The van der Waals surface area contributed by atoms with Crippen molar-refractivity contribution in [2.75, 3.05) is 9.93 Å². The van der Waals surface area contributed by atoms with Gasteiger partial charge in [-0.05, 0) is 12.1 Å². The molecule has 1 aromatic carbocycles. The molecule has 1 N–H and O–H groups in total. The first-order chi connectivity index (χ1) is 6.46. The summed E-state index contributed by atoms with van der Waals surface area (Å²) >= 11 is 5.05. The molecule has 0 aliphatic carbocycles. The molecule has 0 saturated heterocycles. The molecule has 3 nitrogen and oxygen atoms in total. The summed E-state index contributed by atoms with van der Waals surface area (Å²) in [5.74, 6) is -1.97. The molecule has 0 spiro atoms. The third kappa shape index (κ3) is 2.55.